The van der Waals surface area contributed by atoms with Gasteiger partial charge in [0.05, 0.1) is 22.9 Å². The van der Waals surface area contributed by atoms with Gasteiger partial charge in [-0.25, -0.2) is 4.79 Å². The van der Waals surface area contributed by atoms with Gasteiger partial charge >= 0.3 is 5.97 Å². The molecule has 2 aromatic rings. The Balaban J connectivity index is 1.35. The van der Waals surface area contributed by atoms with Crippen LogP contribution in [-0.2, 0) is 6.54 Å². The number of nitrogens with zero attached hydrogens (tertiary/aromatic N) is 2. The molecule has 0 aromatic carbocycles. The molecule has 34 heavy (non-hydrogen) atoms. The van der Waals surface area contributed by atoms with Gasteiger partial charge < -0.3 is 15.2 Å². The van der Waals surface area contributed by atoms with Crippen molar-refractivity contribution in [3.63, 3.8) is 0 Å². The van der Waals surface area contributed by atoms with E-state index in [0.29, 0.717) is 10.6 Å². The molecule has 1 aliphatic heterocycles. The highest BCUT2D eigenvalue weighted by atomic mass is 32.1. The van der Waals surface area contributed by atoms with E-state index in [1.54, 1.807) is 0 Å². The van der Waals surface area contributed by atoms with Crippen LogP contribution < -0.4 is 10.1 Å². The first kappa shape index (κ1) is 24.6. The van der Waals surface area contributed by atoms with Crippen LogP contribution in [0, 0.1) is 17.3 Å². The van der Waals surface area contributed by atoms with Crippen LogP contribution in [0.25, 0.3) is 0 Å². The van der Waals surface area contributed by atoms with E-state index in [2.05, 4.69) is 33.1 Å². The van der Waals surface area contributed by atoms with Gasteiger partial charge in [-0.3, -0.25) is 9.88 Å². The summed E-state index contributed by atoms with van der Waals surface area (Å²) in [5, 5.41) is 13.1. The number of carboxylic acid groups (broad SMARTS) is 1. The standard InChI is InChI=1S/C27H35N3O3S/c1-27(2,3)12-10-22-16-23(25(34-22)26(31)32)29-20-6-8-21(9-7-20)33-24-17-28-13-11-19(24)18-30-14-4-5-15-30/h11,13,16-17,20-21,29H,4-9,14-15,18H2,1-3H3,(H,31,32). The molecule has 2 aliphatic rings. The Kier molecular flexibility index (Phi) is 7.80. The van der Waals surface area contributed by atoms with E-state index in [9.17, 15) is 9.90 Å². The van der Waals surface area contributed by atoms with Gasteiger partial charge in [0, 0.05) is 29.8 Å². The number of nitrogens with one attached hydrogen (secondary N) is 1. The van der Waals surface area contributed by atoms with E-state index >= 15 is 0 Å². The molecule has 7 heteroatoms. The summed E-state index contributed by atoms with van der Waals surface area (Å²) in [5.41, 5.74) is 1.77. The van der Waals surface area contributed by atoms with Gasteiger partial charge in [-0.05, 0) is 84.5 Å². The summed E-state index contributed by atoms with van der Waals surface area (Å²) in [5.74, 6) is 6.33. The van der Waals surface area contributed by atoms with E-state index in [1.165, 1.54) is 29.7 Å². The topological polar surface area (TPSA) is 74.7 Å². The van der Waals surface area contributed by atoms with Crippen LogP contribution in [0.5, 0.6) is 5.75 Å². The van der Waals surface area contributed by atoms with Gasteiger partial charge in [-0.1, -0.05) is 11.8 Å². The number of aromatic carboxylic acids is 1. The van der Waals surface area contributed by atoms with Crippen molar-refractivity contribution in [3.05, 3.63) is 39.8 Å². The third kappa shape index (κ3) is 6.74. The van der Waals surface area contributed by atoms with Crippen molar-refractivity contribution in [2.75, 3.05) is 18.4 Å². The molecule has 0 radical (unpaired) electrons. The fourth-order valence-corrected chi connectivity index (χ4v) is 5.33. The summed E-state index contributed by atoms with van der Waals surface area (Å²) >= 11 is 1.24. The van der Waals surface area contributed by atoms with Crippen molar-refractivity contribution < 1.29 is 14.6 Å². The maximum atomic E-state index is 11.8. The van der Waals surface area contributed by atoms with Crippen LogP contribution in [-0.4, -0.2) is 46.2 Å². The van der Waals surface area contributed by atoms with E-state index < -0.39 is 5.97 Å². The molecule has 2 aromatic heterocycles. The normalized spacial score (nSPS) is 21.0. The third-order valence-corrected chi connectivity index (χ3v) is 7.32. The Hall–Kier alpha value is -2.56. The van der Waals surface area contributed by atoms with Crippen LogP contribution in [0.15, 0.2) is 24.5 Å². The molecule has 182 valence electrons. The maximum absolute atomic E-state index is 11.8. The van der Waals surface area contributed by atoms with E-state index in [1.807, 2.05) is 39.2 Å². The Morgan fingerprint density at radius 3 is 2.68 bits per heavy atom. The van der Waals surface area contributed by atoms with Crippen molar-refractivity contribution in [1.82, 2.24) is 9.88 Å². The first-order valence-corrected chi connectivity index (χ1v) is 13.1. The molecular weight excluding hydrogens is 446 g/mol. The highest BCUT2D eigenvalue weighted by molar-refractivity contribution is 7.15. The summed E-state index contributed by atoms with van der Waals surface area (Å²) < 4.78 is 6.40. The summed E-state index contributed by atoms with van der Waals surface area (Å²) in [4.78, 5) is 19.7. The fourth-order valence-electron chi connectivity index (χ4n) is 4.52. The molecule has 0 atom stereocenters. The van der Waals surface area contributed by atoms with Crippen molar-refractivity contribution >= 4 is 23.0 Å². The van der Waals surface area contributed by atoms with E-state index in [4.69, 9.17) is 4.74 Å². The lowest BCUT2D eigenvalue weighted by Gasteiger charge is -2.30. The predicted molar refractivity (Wildman–Crippen MR) is 137 cm³/mol. The van der Waals surface area contributed by atoms with Crippen molar-refractivity contribution in [2.45, 2.75) is 78.0 Å². The molecule has 6 nitrogen and oxygen atoms in total. The number of rotatable bonds is 7. The zero-order valence-corrected chi connectivity index (χ0v) is 21.2. The summed E-state index contributed by atoms with van der Waals surface area (Å²) in [6.45, 7) is 9.38. The lowest BCUT2D eigenvalue weighted by atomic mass is 9.92. The van der Waals surface area contributed by atoms with Crippen LogP contribution in [0.2, 0.25) is 0 Å². The molecule has 2 fully saturated rings. The molecule has 0 spiro atoms. The first-order valence-electron chi connectivity index (χ1n) is 12.3. The van der Waals surface area contributed by atoms with Crippen LogP contribution in [0.1, 0.15) is 79.4 Å². The quantitative estimate of drug-likeness (QED) is 0.499. The van der Waals surface area contributed by atoms with Crippen molar-refractivity contribution in [3.8, 4) is 17.6 Å². The predicted octanol–water partition coefficient (Wildman–Crippen LogP) is 5.64. The largest absolute Gasteiger partial charge is 0.488 e. The zero-order chi connectivity index (χ0) is 24.1. The van der Waals surface area contributed by atoms with Crippen LogP contribution in [0.3, 0.4) is 0 Å². The fraction of sp³-hybridized carbons (Fsp3) is 0.556. The van der Waals surface area contributed by atoms with Gasteiger partial charge in [-0.2, -0.15) is 0 Å². The van der Waals surface area contributed by atoms with Gasteiger partial charge in [0.1, 0.15) is 10.6 Å². The number of likely N-dealkylation sites (tertiary alicyclic amines) is 1. The van der Waals surface area contributed by atoms with Crippen molar-refractivity contribution in [1.29, 1.82) is 0 Å². The Labute approximate surface area is 206 Å². The van der Waals surface area contributed by atoms with Crippen LogP contribution >= 0.6 is 11.3 Å². The highest BCUT2D eigenvalue weighted by Gasteiger charge is 2.26. The molecule has 0 bridgehead atoms. The molecule has 0 amide bonds. The molecule has 2 N–H and O–H groups in total. The number of anilines is 1. The number of pyridine rings is 1. The minimum Gasteiger partial charge on any atom is -0.488 e. The van der Waals surface area contributed by atoms with Gasteiger partial charge in [0.15, 0.2) is 0 Å². The van der Waals surface area contributed by atoms with Gasteiger partial charge in [-0.15, -0.1) is 11.3 Å². The van der Waals surface area contributed by atoms with E-state index in [-0.39, 0.29) is 17.6 Å². The lowest BCUT2D eigenvalue weighted by molar-refractivity contribution is 0.0703. The number of aromatic nitrogens is 1. The Morgan fingerprint density at radius 2 is 2.00 bits per heavy atom. The van der Waals surface area contributed by atoms with Gasteiger partial charge in [0.2, 0.25) is 0 Å². The SMILES string of the molecule is CC(C)(C)C#Cc1cc(NC2CCC(Oc3cnccc3CN3CCCC3)CC2)c(C(=O)O)s1. The van der Waals surface area contributed by atoms with Crippen LogP contribution in [0.4, 0.5) is 5.69 Å². The summed E-state index contributed by atoms with van der Waals surface area (Å²) in [6, 6.07) is 4.19. The minimum absolute atomic E-state index is 0.123. The summed E-state index contributed by atoms with van der Waals surface area (Å²) in [7, 11) is 0. The first-order chi connectivity index (χ1) is 16.3. The monoisotopic (exact) mass is 481 g/mol. The second-order valence-electron chi connectivity index (χ2n) is 10.4. The average molecular weight is 482 g/mol. The number of hydrogen-bond acceptors (Lipinski definition) is 6. The maximum Gasteiger partial charge on any atom is 0.348 e. The molecule has 1 aliphatic carbocycles. The molecule has 0 unspecified atom stereocenters. The smallest absolute Gasteiger partial charge is 0.348 e. The number of carboxylic acids is 1. The second-order valence-corrected chi connectivity index (χ2v) is 11.4. The average Bonchev–Trinajstić information content (AvgIpc) is 3.44. The van der Waals surface area contributed by atoms with Gasteiger partial charge in [0.25, 0.3) is 0 Å². The molecule has 1 saturated heterocycles. The Bertz CT molecular complexity index is 1050. The molecule has 3 heterocycles. The Morgan fingerprint density at radius 1 is 1.26 bits per heavy atom. The van der Waals surface area contributed by atoms with E-state index in [0.717, 1.165) is 55.9 Å². The molecular formula is C27H35N3O3S. The number of hydrogen-bond donors (Lipinski definition) is 2. The second kappa shape index (κ2) is 10.8. The number of carbonyl (C=O) groups is 1. The third-order valence-electron chi connectivity index (χ3n) is 6.28. The number of thiophene rings is 1. The lowest BCUT2D eigenvalue weighted by Crippen LogP contribution is -2.31. The van der Waals surface area contributed by atoms with Crippen molar-refractivity contribution in [2.24, 2.45) is 5.41 Å². The molecule has 4 rings (SSSR count). The summed E-state index contributed by atoms with van der Waals surface area (Å²) in [6.07, 6.45) is 10.1. The zero-order valence-electron chi connectivity index (χ0n) is 20.4. The molecule has 1 saturated carbocycles. The highest BCUT2D eigenvalue weighted by Crippen LogP contribution is 2.32. The minimum atomic E-state index is -0.907. The number of ether oxygens (including phenoxy) is 1.